The Bertz CT molecular complexity index is 880. The maximum atomic E-state index is 12.7. The van der Waals surface area contributed by atoms with Gasteiger partial charge in [0.15, 0.2) is 0 Å². The number of anilines is 1. The molecule has 0 spiro atoms. The summed E-state index contributed by atoms with van der Waals surface area (Å²) in [5.74, 6) is -0.833. The number of benzene rings is 2. The van der Waals surface area contributed by atoms with Crippen LogP contribution in [0.3, 0.4) is 0 Å². The number of nitrogens with zero attached hydrogens (tertiary/aromatic N) is 2. The summed E-state index contributed by atoms with van der Waals surface area (Å²) < 4.78 is 0. The van der Waals surface area contributed by atoms with Crippen molar-refractivity contribution in [2.45, 2.75) is 32.3 Å². The molecule has 6 nitrogen and oxygen atoms in total. The molecule has 1 saturated heterocycles. The second-order valence-electron chi connectivity index (χ2n) is 7.58. The van der Waals surface area contributed by atoms with E-state index in [2.05, 4.69) is 0 Å². The Morgan fingerprint density at radius 1 is 1.10 bits per heavy atom. The number of aliphatic hydroxyl groups excluding tert-OH is 1. The van der Waals surface area contributed by atoms with Gasteiger partial charge in [-0.25, -0.2) is 10.0 Å². The number of rotatable bonds is 9. The molecule has 2 aromatic rings. The molecule has 158 valence electrons. The van der Waals surface area contributed by atoms with E-state index < -0.39 is 12.1 Å². The molecule has 1 heterocycles. The van der Waals surface area contributed by atoms with E-state index in [0.717, 1.165) is 16.8 Å². The predicted octanol–water partition coefficient (Wildman–Crippen LogP) is 3.78. The summed E-state index contributed by atoms with van der Waals surface area (Å²) in [6, 6.07) is 16.9. The number of hydrogen-bond donors (Lipinski definition) is 2. The molecule has 3 rings (SSSR count). The summed E-state index contributed by atoms with van der Waals surface area (Å²) in [4.78, 5) is 23.3. The summed E-state index contributed by atoms with van der Waals surface area (Å²) in [5, 5.41) is 23.0. The first-order valence-corrected chi connectivity index (χ1v) is 10.3. The Morgan fingerprint density at radius 3 is 2.43 bits per heavy atom. The molecule has 0 saturated carbocycles. The second kappa shape index (κ2) is 10.2. The molecule has 0 aromatic heterocycles. The van der Waals surface area contributed by atoms with Crippen LogP contribution in [0.15, 0.2) is 66.7 Å². The van der Waals surface area contributed by atoms with Crippen LogP contribution in [-0.4, -0.2) is 40.2 Å². The van der Waals surface area contributed by atoms with Crippen molar-refractivity contribution in [2.75, 3.05) is 18.1 Å². The number of carbonyl (C=O) groups is 2. The third-order valence-electron chi connectivity index (χ3n) is 5.21. The lowest BCUT2D eigenvalue weighted by molar-refractivity contribution is -0.137. The molecular formula is C24H28N2O4. The molecular weight excluding hydrogens is 380 g/mol. The van der Waals surface area contributed by atoms with Gasteiger partial charge in [0, 0.05) is 19.5 Å². The van der Waals surface area contributed by atoms with Crippen LogP contribution in [0.25, 0.3) is 0 Å². The van der Waals surface area contributed by atoms with E-state index in [0.29, 0.717) is 25.9 Å². The van der Waals surface area contributed by atoms with Crippen molar-refractivity contribution in [1.82, 2.24) is 5.01 Å². The van der Waals surface area contributed by atoms with Gasteiger partial charge < -0.3 is 10.2 Å². The highest BCUT2D eigenvalue weighted by Gasteiger charge is 2.35. The second-order valence-corrected chi connectivity index (χ2v) is 7.58. The van der Waals surface area contributed by atoms with E-state index in [1.54, 1.807) is 5.01 Å². The zero-order valence-corrected chi connectivity index (χ0v) is 17.1. The van der Waals surface area contributed by atoms with E-state index in [4.69, 9.17) is 5.11 Å². The fraction of sp³-hybridized carbons (Fsp3) is 0.333. The summed E-state index contributed by atoms with van der Waals surface area (Å²) >= 11 is 0. The molecule has 0 bridgehead atoms. The zero-order chi connectivity index (χ0) is 21.5. The number of aliphatic hydroxyl groups is 1. The van der Waals surface area contributed by atoms with E-state index >= 15 is 0 Å². The molecule has 6 heteroatoms. The van der Waals surface area contributed by atoms with Crippen molar-refractivity contribution in [3.05, 3.63) is 77.9 Å². The number of carboxylic acid groups (broad SMARTS) is 1. The average molecular weight is 408 g/mol. The monoisotopic (exact) mass is 408 g/mol. The number of aliphatic carboxylic acids is 1. The highest BCUT2D eigenvalue weighted by Crippen LogP contribution is 2.29. The first kappa shape index (κ1) is 21.7. The third kappa shape index (κ3) is 5.34. The average Bonchev–Trinajstić information content (AvgIpc) is 3.04. The molecule has 2 unspecified atom stereocenters. The first-order chi connectivity index (χ1) is 14.5. The molecule has 1 aliphatic heterocycles. The van der Waals surface area contributed by atoms with Crippen LogP contribution in [0.5, 0.6) is 0 Å². The Hall–Kier alpha value is -2.96. The predicted molar refractivity (Wildman–Crippen MR) is 116 cm³/mol. The fourth-order valence-corrected chi connectivity index (χ4v) is 3.58. The van der Waals surface area contributed by atoms with E-state index in [1.165, 1.54) is 0 Å². The molecule has 2 N–H and O–H groups in total. The van der Waals surface area contributed by atoms with Gasteiger partial charge in [0.1, 0.15) is 6.10 Å². The van der Waals surface area contributed by atoms with Crippen LogP contribution in [-0.2, 0) is 9.59 Å². The van der Waals surface area contributed by atoms with Crippen molar-refractivity contribution >= 4 is 17.6 Å². The lowest BCUT2D eigenvalue weighted by Gasteiger charge is -2.27. The van der Waals surface area contributed by atoms with Crippen LogP contribution in [0, 0.1) is 5.92 Å². The number of carboxylic acids is 1. The number of amides is 1. The van der Waals surface area contributed by atoms with Crippen LogP contribution in [0.1, 0.15) is 43.4 Å². The van der Waals surface area contributed by atoms with Gasteiger partial charge in [-0.1, -0.05) is 61.5 Å². The molecule has 1 aliphatic rings. The van der Waals surface area contributed by atoms with Crippen molar-refractivity contribution < 1.29 is 19.8 Å². The van der Waals surface area contributed by atoms with Crippen LogP contribution < -0.4 is 5.01 Å². The smallest absolute Gasteiger partial charge is 0.303 e. The zero-order valence-electron chi connectivity index (χ0n) is 17.1. The van der Waals surface area contributed by atoms with Crippen molar-refractivity contribution in [3.63, 3.8) is 0 Å². The molecule has 0 radical (unpaired) electrons. The van der Waals surface area contributed by atoms with E-state index in [-0.39, 0.29) is 18.2 Å². The van der Waals surface area contributed by atoms with Crippen molar-refractivity contribution in [3.8, 4) is 0 Å². The molecule has 2 atom stereocenters. The summed E-state index contributed by atoms with van der Waals surface area (Å²) in [6.45, 7) is 3.13. The maximum absolute atomic E-state index is 12.7. The normalized spacial score (nSPS) is 18.3. The molecule has 1 fully saturated rings. The van der Waals surface area contributed by atoms with Crippen LogP contribution >= 0.6 is 0 Å². The van der Waals surface area contributed by atoms with Gasteiger partial charge in [-0.2, -0.15) is 0 Å². The van der Waals surface area contributed by atoms with Gasteiger partial charge >= 0.3 is 5.97 Å². The van der Waals surface area contributed by atoms with E-state index in [1.807, 2.05) is 78.7 Å². The molecule has 1 amide bonds. The van der Waals surface area contributed by atoms with E-state index in [9.17, 15) is 14.7 Å². The summed E-state index contributed by atoms with van der Waals surface area (Å²) in [5.41, 5.74) is 2.37. The van der Waals surface area contributed by atoms with Crippen molar-refractivity contribution in [2.24, 2.45) is 5.92 Å². The standard InChI is InChI=1S/C24H28N2O4/c1-18-17-25(16-8-3-2-7-11-22(27)28)26(24(18)30)21-14-12-20(13-15-21)23(29)19-9-5-4-6-10-19/h3-6,8-10,12-15,18,23,29H,2,7,11,16-17H2,1H3,(H,27,28)/b8-3-. The number of carbonyl (C=O) groups excluding carboxylic acids is 1. The molecule has 2 aromatic carbocycles. The summed E-state index contributed by atoms with van der Waals surface area (Å²) in [6.07, 6.45) is 4.71. The number of allylic oxidation sites excluding steroid dienone is 1. The lowest BCUT2D eigenvalue weighted by atomic mass is 10.0. The lowest BCUT2D eigenvalue weighted by Crippen LogP contribution is -2.39. The van der Waals surface area contributed by atoms with Crippen LogP contribution in [0.2, 0.25) is 0 Å². The topological polar surface area (TPSA) is 81.1 Å². The number of unbranched alkanes of at least 4 members (excludes halogenated alkanes) is 1. The number of hydrazine groups is 1. The highest BCUT2D eigenvalue weighted by molar-refractivity contribution is 5.96. The van der Waals surface area contributed by atoms with Gasteiger partial charge in [0.25, 0.3) is 0 Å². The third-order valence-corrected chi connectivity index (χ3v) is 5.21. The largest absolute Gasteiger partial charge is 0.481 e. The first-order valence-electron chi connectivity index (χ1n) is 10.3. The Morgan fingerprint density at radius 2 is 1.77 bits per heavy atom. The minimum Gasteiger partial charge on any atom is -0.481 e. The minimum absolute atomic E-state index is 0.0469. The highest BCUT2D eigenvalue weighted by atomic mass is 16.4. The van der Waals surface area contributed by atoms with Gasteiger partial charge in [-0.15, -0.1) is 0 Å². The quantitative estimate of drug-likeness (QED) is 0.488. The SMILES string of the molecule is CC1CN(C/C=C\CCCC(=O)O)N(c2ccc(C(O)c3ccccc3)cc2)C1=O. The Kier molecular flexibility index (Phi) is 7.38. The van der Waals surface area contributed by atoms with Gasteiger partial charge in [0.2, 0.25) is 5.91 Å². The Balaban J connectivity index is 1.66. The van der Waals surface area contributed by atoms with Gasteiger partial charge in [-0.3, -0.25) is 9.59 Å². The van der Waals surface area contributed by atoms with Crippen LogP contribution in [0.4, 0.5) is 5.69 Å². The minimum atomic E-state index is -0.783. The summed E-state index contributed by atoms with van der Waals surface area (Å²) in [7, 11) is 0. The maximum Gasteiger partial charge on any atom is 0.303 e. The van der Waals surface area contributed by atoms with Gasteiger partial charge in [-0.05, 0) is 36.1 Å². The number of hydrogen-bond acceptors (Lipinski definition) is 4. The van der Waals surface area contributed by atoms with Gasteiger partial charge in [0.05, 0.1) is 11.6 Å². The molecule has 0 aliphatic carbocycles. The van der Waals surface area contributed by atoms with Crippen molar-refractivity contribution in [1.29, 1.82) is 0 Å². The fourth-order valence-electron chi connectivity index (χ4n) is 3.58. The molecule has 30 heavy (non-hydrogen) atoms. The Labute approximate surface area is 177 Å².